The Kier molecular flexibility index (Phi) is 7.05. The Balaban J connectivity index is 1.40. The van der Waals surface area contributed by atoms with Crippen molar-refractivity contribution in [2.75, 3.05) is 23.3 Å². The summed E-state index contributed by atoms with van der Waals surface area (Å²) in [5, 5.41) is 14.7. The number of pyridine rings is 1. The highest BCUT2D eigenvalue weighted by molar-refractivity contribution is 5.89. The molecule has 3 aromatic rings. The number of ether oxygens (including phenoxy) is 1. The minimum absolute atomic E-state index is 0.0287. The molecule has 0 aliphatic carbocycles. The molecule has 34 heavy (non-hydrogen) atoms. The zero-order valence-electron chi connectivity index (χ0n) is 18.6. The van der Waals surface area contributed by atoms with Crippen molar-refractivity contribution in [2.45, 2.75) is 32.3 Å². The van der Waals surface area contributed by atoms with Gasteiger partial charge in [-0.15, -0.1) is 0 Å². The van der Waals surface area contributed by atoms with Gasteiger partial charge in [0.05, 0.1) is 0 Å². The molecule has 3 heterocycles. The molecule has 0 spiro atoms. The predicted molar refractivity (Wildman–Crippen MR) is 122 cm³/mol. The molecule has 2 N–H and O–H groups in total. The third-order valence-electron chi connectivity index (χ3n) is 5.84. The second kappa shape index (κ2) is 10.3. The van der Waals surface area contributed by atoms with Crippen LogP contribution in [0.3, 0.4) is 0 Å². The molecular formula is C24H25FN4O5. The van der Waals surface area contributed by atoms with Gasteiger partial charge < -0.3 is 19.3 Å². The second-order valence-electron chi connectivity index (χ2n) is 8.19. The van der Waals surface area contributed by atoms with Gasteiger partial charge in [0.2, 0.25) is 0 Å². The van der Waals surface area contributed by atoms with Crippen molar-refractivity contribution < 1.29 is 28.3 Å². The molecule has 10 heteroatoms. The number of carbonyl (C=O) groups excluding carboxylic acids is 1. The summed E-state index contributed by atoms with van der Waals surface area (Å²) in [5.74, 6) is -0.820. The lowest BCUT2D eigenvalue weighted by Gasteiger charge is -2.32. The maximum atomic E-state index is 14.3. The molecule has 2 aromatic heterocycles. The highest BCUT2D eigenvalue weighted by Crippen LogP contribution is 2.32. The standard InChI is InChI=1S/C24H25FN4O5/c1-15(17-5-3-2-4-6-17)33-24(32)27-21-22(34-28-23(21)25)18-7-8-19(26-14-18)29-11-9-16(10-12-29)13-20(30)31/h2-8,14-16H,9-13H2,1H3,(H,27,32)(H,30,31). The molecule has 1 aromatic carbocycles. The Morgan fingerprint density at radius 3 is 2.62 bits per heavy atom. The number of carboxylic acid groups (broad SMARTS) is 1. The molecular weight excluding hydrogens is 443 g/mol. The van der Waals surface area contributed by atoms with Crippen LogP contribution in [0.4, 0.5) is 20.7 Å². The van der Waals surface area contributed by atoms with E-state index in [1.165, 1.54) is 6.20 Å². The van der Waals surface area contributed by atoms with E-state index < -0.39 is 24.1 Å². The number of hydrogen-bond acceptors (Lipinski definition) is 7. The fourth-order valence-electron chi connectivity index (χ4n) is 3.98. The van der Waals surface area contributed by atoms with Crippen molar-refractivity contribution in [1.29, 1.82) is 0 Å². The first-order valence-electron chi connectivity index (χ1n) is 11.0. The summed E-state index contributed by atoms with van der Waals surface area (Å²) in [6, 6.07) is 12.6. The van der Waals surface area contributed by atoms with E-state index in [9.17, 15) is 14.0 Å². The number of nitrogens with one attached hydrogen (secondary N) is 1. The SMILES string of the molecule is CC(OC(=O)Nc1c(F)noc1-c1ccc(N2CCC(CC(=O)O)CC2)nc1)c1ccccc1. The monoisotopic (exact) mass is 468 g/mol. The number of carboxylic acids is 1. The lowest BCUT2D eigenvalue weighted by Crippen LogP contribution is -2.34. The molecule has 1 atom stereocenters. The fraction of sp³-hybridized carbons (Fsp3) is 0.333. The van der Waals surface area contributed by atoms with Crippen LogP contribution >= 0.6 is 0 Å². The maximum absolute atomic E-state index is 14.3. The van der Waals surface area contributed by atoms with E-state index in [1.54, 1.807) is 19.1 Å². The van der Waals surface area contributed by atoms with E-state index in [0.717, 1.165) is 24.2 Å². The number of rotatable bonds is 7. The minimum atomic E-state index is -0.969. The summed E-state index contributed by atoms with van der Waals surface area (Å²) in [5.41, 5.74) is 1.01. The molecule has 0 radical (unpaired) electrons. The molecule has 1 saturated heterocycles. The van der Waals surface area contributed by atoms with Crippen LogP contribution < -0.4 is 10.2 Å². The summed E-state index contributed by atoms with van der Waals surface area (Å²) < 4.78 is 24.7. The fourth-order valence-corrected chi connectivity index (χ4v) is 3.98. The van der Waals surface area contributed by atoms with Crippen LogP contribution in [0.25, 0.3) is 11.3 Å². The lowest BCUT2D eigenvalue weighted by molar-refractivity contribution is -0.138. The summed E-state index contributed by atoms with van der Waals surface area (Å²) in [6.45, 7) is 3.13. The molecule has 1 aliphatic rings. The van der Waals surface area contributed by atoms with Crippen molar-refractivity contribution in [1.82, 2.24) is 10.1 Å². The molecule has 178 valence electrons. The Bertz CT molecular complexity index is 1130. The smallest absolute Gasteiger partial charge is 0.412 e. The largest absolute Gasteiger partial charge is 0.481 e. The van der Waals surface area contributed by atoms with Crippen LogP contribution in [0.2, 0.25) is 0 Å². The molecule has 4 rings (SSSR count). The van der Waals surface area contributed by atoms with E-state index in [0.29, 0.717) is 18.7 Å². The first-order chi connectivity index (χ1) is 16.4. The van der Waals surface area contributed by atoms with Gasteiger partial charge in [0.1, 0.15) is 17.6 Å². The average molecular weight is 468 g/mol. The molecule has 0 saturated carbocycles. The molecule has 1 fully saturated rings. The maximum Gasteiger partial charge on any atom is 0.412 e. The van der Waals surface area contributed by atoms with Crippen molar-refractivity contribution >= 4 is 23.6 Å². The van der Waals surface area contributed by atoms with Crippen LogP contribution in [-0.4, -0.2) is 40.4 Å². The molecule has 1 unspecified atom stereocenters. The summed E-state index contributed by atoms with van der Waals surface area (Å²) >= 11 is 0. The van der Waals surface area contributed by atoms with Crippen molar-refractivity contribution in [3.8, 4) is 11.3 Å². The predicted octanol–water partition coefficient (Wildman–Crippen LogP) is 4.88. The Hall–Kier alpha value is -3.95. The van der Waals surface area contributed by atoms with Crippen molar-refractivity contribution in [2.24, 2.45) is 5.92 Å². The topological polar surface area (TPSA) is 118 Å². The number of aliphatic carboxylic acids is 1. The number of carbonyl (C=O) groups is 2. The molecule has 9 nitrogen and oxygen atoms in total. The number of hydrogen-bond donors (Lipinski definition) is 2. The Labute approximate surface area is 195 Å². The van der Waals surface area contributed by atoms with Crippen molar-refractivity contribution in [3.63, 3.8) is 0 Å². The highest BCUT2D eigenvalue weighted by atomic mass is 19.1. The van der Waals surface area contributed by atoms with E-state index in [4.69, 9.17) is 14.4 Å². The first-order valence-corrected chi connectivity index (χ1v) is 11.0. The zero-order chi connectivity index (χ0) is 24.1. The van der Waals surface area contributed by atoms with Gasteiger partial charge in [-0.2, -0.15) is 4.39 Å². The van der Waals surface area contributed by atoms with Gasteiger partial charge >= 0.3 is 12.1 Å². The number of nitrogens with zero attached hydrogens (tertiary/aromatic N) is 3. The number of benzene rings is 1. The number of piperidine rings is 1. The number of amides is 1. The number of halogens is 1. The first kappa shape index (κ1) is 23.2. The van der Waals surface area contributed by atoms with Crippen LogP contribution in [0.5, 0.6) is 0 Å². The molecule has 1 aliphatic heterocycles. The van der Waals surface area contributed by atoms with Gasteiger partial charge in [0, 0.05) is 31.3 Å². The van der Waals surface area contributed by atoms with Crippen molar-refractivity contribution in [3.05, 3.63) is 60.2 Å². The van der Waals surface area contributed by atoms with Crippen LogP contribution in [-0.2, 0) is 9.53 Å². The van der Waals surface area contributed by atoms with E-state index in [1.807, 2.05) is 30.3 Å². The quantitative estimate of drug-likeness (QED) is 0.504. The van der Waals surface area contributed by atoms with Gasteiger partial charge in [0.15, 0.2) is 5.76 Å². The molecule has 1 amide bonds. The van der Waals surface area contributed by atoms with Gasteiger partial charge in [-0.25, -0.2) is 9.78 Å². The highest BCUT2D eigenvalue weighted by Gasteiger charge is 2.24. The average Bonchev–Trinajstić information content (AvgIpc) is 3.19. The zero-order valence-corrected chi connectivity index (χ0v) is 18.6. The van der Waals surface area contributed by atoms with E-state index in [2.05, 4.69) is 20.4 Å². The van der Waals surface area contributed by atoms with Gasteiger partial charge in [-0.1, -0.05) is 30.3 Å². The second-order valence-corrected chi connectivity index (χ2v) is 8.19. The van der Waals surface area contributed by atoms with Crippen LogP contribution in [0.1, 0.15) is 37.9 Å². The van der Waals surface area contributed by atoms with E-state index in [-0.39, 0.29) is 23.8 Å². The Morgan fingerprint density at radius 1 is 1.24 bits per heavy atom. The Morgan fingerprint density at radius 2 is 1.97 bits per heavy atom. The van der Waals surface area contributed by atoms with Gasteiger partial charge in [0.25, 0.3) is 5.95 Å². The third kappa shape index (κ3) is 5.51. The van der Waals surface area contributed by atoms with E-state index >= 15 is 0 Å². The molecule has 0 bridgehead atoms. The number of aromatic nitrogens is 2. The summed E-state index contributed by atoms with van der Waals surface area (Å²) in [7, 11) is 0. The van der Waals surface area contributed by atoms with Crippen LogP contribution in [0.15, 0.2) is 53.2 Å². The normalized spacial score (nSPS) is 15.1. The van der Waals surface area contributed by atoms with Crippen LogP contribution in [0, 0.1) is 11.9 Å². The van der Waals surface area contributed by atoms with Gasteiger partial charge in [-0.3, -0.25) is 10.1 Å². The third-order valence-corrected chi connectivity index (χ3v) is 5.84. The van der Waals surface area contributed by atoms with Gasteiger partial charge in [-0.05, 0) is 48.5 Å². The summed E-state index contributed by atoms with van der Waals surface area (Å²) in [4.78, 5) is 29.8. The minimum Gasteiger partial charge on any atom is -0.481 e. The summed E-state index contributed by atoms with van der Waals surface area (Å²) in [6.07, 6.45) is 1.88. The lowest BCUT2D eigenvalue weighted by atomic mass is 9.93. The number of anilines is 2.